The molecule has 0 aliphatic rings. The van der Waals surface area contributed by atoms with Crippen molar-refractivity contribution in [2.24, 2.45) is 0 Å². The Morgan fingerprint density at radius 3 is 1.44 bits per heavy atom. The smallest absolute Gasteiger partial charge is 0.332 e. The van der Waals surface area contributed by atoms with E-state index in [2.05, 4.69) is 4.74 Å². The highest BCUT2D eigenvalue weighted by molar-refractivity contribution is 7.41. The number of rotatable bonds is 7. The van der Waals surface area contributed by atoms with Gasteiger partial charge in [-0.2, -0.15) is 0 Å². The minimum atomic E-state index is -1.06. The van der Waals surface area contributed by atoms with Crippen molar-refractivity contribution in [2.45, 2.75) is 27.7 Å². The lowest BCUT2D eigenvalue weighted by Crippen LogP contribution is -1.98. The zero-order chi connectivity index (χ0) is 12.8. The number of ether oxygens (including phenoxy) is 1. The molecule has 96 valence electrons. The standard InChI is InChI=1S/C6H15O3P.C3H7BO2/c1-4-7-10(8-5-2)9-6-3;1-2-6-3(4)5/h4-6H2,1-3H3;2,4H2,1H3. The van der Waals surface area contributed by atoms with Crippen molar-refractivity contribution in [3.63, 3.8) is 0 Å². The van der Waals surface area contributed by atoms with Crippen LogP contribution in [0.25, 0.3) is 0 Å². The minimum Gasteiger partial charge on any atom is -0.474 e. The lowest BCUT2D eigenvalue weighted by Gasteiger charge is -2.12. The molecule has 7 heteroatoms. The third-order valence-electron chi connectivity index (χ3n) is 1.05. The summed E-state index contributed by atoms with van der Waals surface area (Å²) in [6.45, 7) is 9.97. The van der Waals surface area contributed by atoms with E-state index in [0.29, 0.717) is 26.4 Å². The average molecular weight is 252 g/mol. The van der Waals surface area contributed by atoms with Crippen LogP contribution in [0.1, 0.15) is 27.7 Å². The number of hydrogen-bond acceptors (Lipinski definition) is 5. The SMILES string of the molecule is BC(=O)OCC.CCOP(OCC)OCC. The van der Waals surface area contributed by atoms with Crippen LogP contribution in [-0.2, 0) is 18.3 Å². The van der Waals surface area contributed by atoms with Crippen molar-refractivity contribution in [3.8, 4) is 0 Å². The van der Waals surface area contributed by atoms with Gasteiger partial charge in [-0.25, -0.2) is 0 Å². The van der Waals surface area contributed by atoms with Crippen LogP contribution in [-0.4, -0.2) is 40.1 Å². The summed E-state index contributed by atoms with van der Waals surface area (Å²) in [4.78, 5) is 9.82. The zero-order valence-corrected chi connectivity index (χ0v) is 11.7. The second-order valence-corrected chi connectivity index (χ2v) is 3.62. The minimum absolute atomic E-state index is 0.211. The maximum Gasteiger partial charge on any atom is 0.332 e. The largest absolute Gasteiger partial charge is 0.474 e. The average Bonchev–Trinajstić information content (AvgIpc) is 2.19. The summed E-state index contributed by atoms with van der Waals surface area (Å²) in [6.07, 6.45) is 0. The van der Waals surface area contributed by atoms with Crippen LogP contribution >= 0.6 is 8.60 Å². The molecule has 0 aliphatic heterocycles. The number of carbonyl (C=O) groups excluding carboxylic acids is 1. The molecule has 0 aliphatic carbocycles. The molecule has 0 aromatic rings. The Kier molecular flexibility index (Phi) is 16.9. The van der Waals surface area contributed by atoms with Crippen LogP contribution in [0.4, 0.5) is 4.79 Å². The van der Waals surface area contributed by atoms with Gasteiger partial charge in [0.15, 0.2) is 0 Å². The maximum atomic E-state index is 9.82. The Labute approximate surface area is 100 Å². The third kappa shape index (κ3) is 16.3. The van der Waals surface area contributed by atoms with Crippen LogP contribution in [0.2, 0.25) is 0 Å². The Morgan fingerprint density at radius 1 is 0.938 bits per heavy atom. The first-order valence-corrected chi connectivity index (χ1v) is 6.53. The first-order valence-electron chi connectivity index (χ1n) is 5.44. The fraction of sp³-hybridized carbons (Fsp3) is 0.889. The lowest BCUT2D eigenvalue weighted by atomic mass is 10.2. The Hall–Kier alpha value is -0.155. The van der Waals surface area contributed by atoms with E-state index >= 15 is 0 Å². The maximum absolute atomic E-state index is 9.82. The quantitative estimate of drug-likeness (QED) is 0.513. The Balaban J connectivity index is 0. The molecule has 0 radical (unpaired) electrons. The van der Waals surface area contributed by atoms with Crippen molar-refractivity contribution >= 4 is 22.3 Å². The summed E-state index contributed by atoms with van der Waals surface area (Å²) in [5, 5.41) is 0. The van der Waals surface area contributed by atoms with Crippen molar-refractivity contribution in [1.82, 2.24) is 0 Å². The highest BCUT2D eigenvalue weighted by Crippen LogP contribution is 2.38. The molecule has 0 amide bonds. The predicted molar refractivity (Wildman–Crippen MR) is 67.4 cm³/mol. The van der Waals surface area contributed by atoms with Crippen molar-refractivity contribution in [1.29, 1.82) is 0 Å². The molecule has 0 rings (SSSR count). The first kappa shape index (κ1) is 18.2. The zero-order valence-electron chi connectivity index (χ0n) is 10.8. The van der Waals surface area contributed by atoms with Gasteiger partial charge >= 0.3 is 8.60 Å². The molecular weight excluding hydrogens is 230 g/mol. The number of hydrogen-bond donors (Lipinski definition) is 0. The van der Waals surface area contributed by atoms with E-state index in [1.54, 1.807) is 6.92 Å². The molecule has 0 spiro atoms. The van der Waals surface area contributed by atoms with E-state index in [-0.39, 0.29) is 5.87 Å². The van der Waals surface area contributed by atoms with Crippen LogP contribution in [0.3, 0.4) is 0 Å². The summed E-state index contributed by atoms with van der Waals surface area (Å²) in [7, 11) is 0.331. The summed E-state index contributed by atoms with van der Waals surface area (Å²) in [6, 6.07) is 0. The molecule has 0 saturated heterocycles. The van der Waals surface area contributed by atoms with Crippen LogP contribution in [0.5, 0.6) is 0 Å². The number of carbonyl (C=O) groups is 1. The van der Waals surface area contributed by atoms with Crippen LogP contribution in [0.15, 0.2) is 0 Å². The monoisotopic (exact) mass is 252 g/mol. The van der Waals surface area contributed by atoms with Crippen LogP contribution in [0, 0.1) is 0 Å². The van der Waals surface area contributed by atoms with E-state index in [1.807, 2.05) is 20.8 Å². The Bertz CT molecular complexity index is 145. The van der Waals surface area contributed by atoms with Gasteiger partial charge in [-0.3, -0.25) is 4.79 Å². The van der Waals surface area contributed by atoms with E-state index in [4.69, 9.17) is 13.6 Å². The fourth-order valence-corrected chi connectivity index (χ4v) is 1.49. The van der Waals surface area contributed by atoms with E-state index in [0.717, 1.165) is 0 Å². The lowest BCUT2D eigenvalue weighted by molar-refractivity contribution is 0.176. The third-order valence-corrected chi connectivity index (χ3v) is 2.46. The van der Waals surface area contributed by atoms with Gasteiger partial charge in [-0.1, -0.05) is 0 Å². The van der Waals surface area contributed by atoms with Crippen LogP contribution < -0.4 is 0 Å². The summed E-state index contributed by atoms with van der Waals surface area (Å²) < 4.78 is 19.8. The van der Waals surface area contributed by atoms with Gasteiger partial charge in [0, 0.05) is 0 Å². The second-order valence-electron chi connectivity index (χ2n) is 2.40. The highest BCUT2D eigenvalue weighted by atomic mass is 31.2. The first-order chi connectivity index (χ1) is 7.62. The summed E-state index contributed by atoms with van der Waals surface area (Å²) in [5.41, 5.74) is 0. The molecule has 0 saturated carbocycles. The molecule has 0 aromatic heterocycles. The van der Waals surface area contributed by atoms with E-state index in [1.165, 1.54) is 7.85 Å². The molecule has 0 fully saturated rings. The highest BCUT2D eigenvalue weighted by Gasteiger charge is 2.07. The normalized spacial score (nSPS) is 9.56. The van der Waals surface area contributed by atoms with Crippen molar-refractivity contribution in [2.75, 3.05) is 26.4 Å². The molecule has 0 heterocycles. The molecule has 0 atom stereocenters. The van der Waals surface area contributed by atoms with Crippen molar-refractivity contribution in [3.05, 3.63) is 0 Å². The van der Waals surface area contributed by atoms with E-state index < -0.39 is 8.60 Å². The van der Waals surface area contributed by atoms with E-state index in [9.17, 15) is 4.79 Å². The van der Waals surface area contributed by atoms with Gasteiger partial charge in [-0.15, -0.1) is 0 Å². The van der Waals surface area contributed by atoms with Crippen molar-refractivity contribution < 1.29 is 23.1 Å². The summed E-state index contributed by atoms with van der Waals surface area (Å²) in [5.74, 6) is -0.211. The Morgan fingerprint density at radius 2 is 1.31 bits per heavy atom. The molecule has 0 aromatic carbocycles. The molecule has 0 unspecified atom stereocenters. The molecule has 0 bridgehead atoms. The molecule has 0 N–H and O–H groups in total. The van der Waals surface area contributed by atoms with Gasteiger partial charge in [0.2, 0.25) is 13.7 Å². The van der Waals surface area contributed by atoms with Gasteiger partial charge < -0.3 is 18.3 Å². The fourth-order valence-electron chi connectivity index (χ4n) is 0.631. The predicted octanol–water partition coefficient (Wildman–Crippen LogP) is 2.10. The molecule has 5 nitrogen and oxygen atoms in total. The van der Waals surface area contributed by atoms with Gasteiger partial charge in [0.25, 0.3) is 0 Å². The molecular formula is C9H22BO5P. The summed E-state index contributed by atoms with van der Waals surface area (Å²) >= 11 is 0. The second kappa shape index (κ2) is 14.8. The van der Waals surface area contributed by atoms with Gasteiger partial charge in [-0.05, 0) is 27.7 Å². The van der Waals surface area contributed by atoms with Gasteiger partial charge in [0.1, 0.15) is 0 Å². The topological polar surface area (TPSA) is 54.0 Å². The molecule has 16 heavy (non-hydrogen) atoms. The van der Waals surface area contributed by atoms with Gasteiger partial charge in [0.05, 0.1) is 26.4 Å².